The van der Waals surface area contributed by atoms with Crippen molar-refractivity contribution in [2.75, 3.05) is 0 Å². The maximum atomic E-state index is 14.0. The zero-order valence-electron chi connectivity index (χ0n) is 20.6. The molecule has 0 bridgehead atoms. The number of hydrogen-bond acceptors (Lipinski definition) is 5. The number of halogens is 1. The Morgan fingerprint density at radius 3 is 2.71 bits per heavy atom. The third-order valence-electron chi connectivity index (χ3n) is 7.07. The van der Waals surface area contributed by atoms with Crippen LogP contribution in [-0.4, -0.2) is 23.0 Å². The van der Waals surface area contributed by atoms with Gasteiger partial charge in [0.05, 0.1) is 17.1 Å². The van der Waals surface area contributed by atoms with Crippen LogP contribution in [-0.2, 0) is 16.9 Å². The van der Waals surface area contributed by atoms with Crippen molar-refractivity contribution in [1.82, 2.24) is 14.5 Å². The van der Waals surface area contributed by atoms with E-state index in [-0.39, 0.29) is 17.2 Å². The lowest BCUT2D eigenvalue weighted by atomic mass is 9.94. The van der Waals surface area contributed by atoms with Gasteiger partial charge in [0, 0.05) is 39.7 Å². The summed E-state index contributed by atoms with van der Waals surface area (Å²) in [5.41, 5.74) is 5.29. The minimum Gasteiger partial charge on any atom is -0.357 e. The number of aromatic nitrogens is 3. The molecule has 2 aromatic carbocycles. The lowest BCUT2D eigenvalue weighted by molar-refractivity contribution is 0.439. The van der Waals surface area contributed by atoms with Crippen molar-refractivity contribution in [3.8, 4) is 29.2 Å². The summed E-state index contributed by atoms with van der Waals surface area (Å²) >= 11 is 0. The van der Waals surface area contributed by atoms with Crippen molar-refractivity contribution in [3.05, 3.63) is 70.1 Å². The molecule has 5 aromatic rings. The van der Waals surface area contributed by atoms with Gasteiger partial charge in [-0.25, -0.2) is 0 Å². The number of terminal acetylenes is 1. The summed E-state index contributed by atoms with van der Waals surface area (Å²) in [6, 6.07) is 11.2. The summed E-state index contributed by atoms with van der Waals surface area (Å²) in [5.74, 6) is 2.43. The predicted octanol–water partition coefficient (Wildman–Crippen LogP) is 5.95. The molecule has 0 radical (unpaired) electrons. The molecule has 1 fully saturated rings. The number of benzene rings is 2. The third kappa shape index (κ3) is 4.21. The van der Waals surface area contributed by atoms with E-state index in [9.17, 15) is 17.1 Å². The van der Waals surface area contributed by atoms with Gasteiger partial charge in [0.15, 0.2) is 11.2 Å². The van der Waals surface area contributed by atoms with Gasteiger partial charge >= 0.3 is 10.5 Å². The van der Waals surface area contributed by atoms with Crippen LogP contribution in [0.3, 0.4) is 0 Å². The molecule has 0 atom stereocenters. The highest BCUT2D eigenvalue weighted by atomic mass is 32.3. The molecule has 1 aliphatic rings. The molecule has 1 saturated carbocycles. The Balaban J connectivity index is 1.67. The van der Waals surface area contributed by atoms with E-state index >= 15 is 0 Å². The Bertz CT molecular complexity index is 1960. The van der Waals surface area contributed by atoms with Gasteiger partial charge < -0.3 is 13.7 Å². The zero-order chi connectivity index (χ0) is 26.6. The quantitative estimate of drug-likeness (QED) is 0.208. The molecule has 7 nitrogen and oxygen atoms in total. The molecule has 0 spiro atoms. The highest BCUT2D eigenvalue weighted by Crippen LogP contribution is 2.42. The van der Waals surface area contributed by atoms with E-state index < -0.39 is 10.5 Å². The van der Waals surface area contributed by atoms with Crippen molar-refractivity contribution < 1.29 is 16.5 Å². The molecule has 6 rings (SSSR count). The first-order valence-electron chi connectivity index (χ1n) is 12.5. The van der Waals surface area contributed by atoms with Crippen LogP contribution in [0.5, 0.6) is 5.75 Å². The van der Waals surface area contributed by atoms with Gasteiger partial charge in [-0.05, 0) is 67.1 Å². The van der Waals surface area contributed by atoms with E-state index in [0.29, 0.717) is 22.8 Å². The summed E-state index contributed by atoms with van der Waals surface area (Å²) < 4.78 is 42.0. The Morgan fingerprint density at radius 1 is 1.18 bits per heavy atom. The number of nitrogens with one attached hydrogen (secondary N) is 1. The lowest BCUT2D eigenvalue weighted by Gasteiger charge is -2.17. The molecular formula is C29H24FN3O4S. The number of hydrogen-bond donors (Lipinski definition) is 1. The summed E-state index contributed by atoms with van der Waals surface area (Å²) in [6.45, 7) is 2.09. The van der Waals surface area contributed by atoms with E-state index in [1.54, 1.807) is 6.20 Å². The van der Waals surface area contributed by atoms with Crippen LogP contribution in [0.25, 0.3) is 44.0 Å². The fourth-order valence-corrected chi connectivity index (χ4v) is 5.56. The minimum absolute atomic E-state index is 0.0605. The standard InChI is InChI=1S/C29H24FN3O4S/c1-3-5-6-18-13-24-26(14-23(18)19-12-21(16-31-15-19)37-38(30,35)36)33(20-8-9-20)29-27(28(24)34)22-10-7-17(4-2)11-25(22)32-29/h2,7,10-16,20,32H,3,5-6,8-9H2,1H3. The highest BCUT2D eigenvalue weighted by Gasteiger charge is 2.29. The fraction of sp³-hybridized carbons (Fsp3) is 0.241. The third-order valence-corrected chi connectivity index (χ3v) is 7.46. The first kappa shape index (κ1) is 24.2. The van der Waals surface area contributed by atoms with Crippen LogP contribution < -0.4 is 9.61 Å². The molecule has 192 valence electrons. The number of aromatic amines is 1. The number of nitrogens with zero attached hydrogens (tertiary/aromatic N) is 2. The molecule has 9 heteroatoms. The second-order valence-corrected chi connectivity index (χ2v) is 10.7. The van der Waals surface area contributed by atoms with Crippen LogP contribution in [0.4, 0.5) is 3.89 Å². The number of fused-ring (bicyclic) bond motifs is 4. The van der Waals surface area contributed by atoms with Crippen LogP contribution in [0.1, 0.15) is 49.8 Å². The molecule has 38 heavy (non-hydrogen) atoms. The van der Waals surface area contributed by atoms with E-state index in [2.05, 4.69) is 31.6 Å². The summed E-state index contributed by atoms with van der Waals surface area (Å²) in [4.78, 5) is 21.5. The average molecular weight is 530 g/mol. The summed E-state index contributed by atoms with van der Waals surface area (Å²) in [5, 5.41) is 2.09. The second-order valence-electron chi connectivity index (χ2n) is 9.70. The molecular weight excluding hydrogens is 505 g/mol. The molecule has 1 aliphatic carbocycles. The van der Waals surface area contributed by atoms with Gasteiger partial charge in [0.1, 0.15) is 5.65 Å². The van der Waals surface area contributed by atoms with Crippen molar-refractivity contribution in [2.45, 2.75) is 45.1 Å². The first-order valence-corrected chi connectivity index (χ1v) is 13.8. The van der Waals surface area contributed by atoms with Crippen molar-refractivity contribution in [2.24, 2.45) is 0 Å². The molecule has 0 saturated heterocycles. The Kier molecular flexibility index (Phi) is 5.73. The Labute approximate surface area is 218 Å². The molecule has 1 N–H and O–H groups in total. The van der Waals surface area contributed by atoms with E-state index in [4.69, 9.17) is 6.42 Å². The van der Waals surface area contributed by atoms with Crippen LogP contribution in [0, 0.1) is 12.3 Å². The summed E-state index contributed by atoms with van der Waals surface area (Å²) in [7, 11) is -5.19. The smallest absolute Gasteiger partial charge is 0.357 e. The van der Waals surface area contributed by atoms with Crippen LogP contribution in [0.2, 0.25) is 0 Å². The van der Waals surface area contributed by atoms with Gasteiger partial charge in [-0.2, -0.15) is 8.42 Å². The SMILES string of the molecule is C#Cc1ccc2c(c1)[nH]c1c2c(=O)c2cc(CCCC)c(-c3cncc(OS(=O)(=O)F)c3)cc2n1C1CC1. The summed E-state index contributed by atoms with van der Waals surface area (Å²) in [6.07, 6.45) is 12.9. The van der Waals surface area contributed by atoms with E-state index in [1.807, 2.05) is 30.3 Å². The predicted molar refractivity (Wildman–Crippen MR) is 146 cm³/mol. The average Bonchev–Trinajstić information content (AvgIpc) is 3.65. The van der Waals surface area contributed by atoms with Gasteiger partial charge in [-0.3, -0.25) is 9.78 Å². The first-order chi connectivity index (χ1) is 18.3. The number of rotatable bonds is 7. The zero-order valence-corrected chi connectivity index (χ0v) is 21.4. The molecule has 3 aromatic heterocycles. The largest absolute Gasteiger partial charge is 0.488 e. The lowest BCUT2D eigenvalue weighted by Crippen LogP contribution is -2.11. The van der Waals surface area contributed by atoms with E-state index in [1.165, 1.54) is 6.07 Å². The fourth-order valence-electron chi connectivity index (χ4n) is 5.23. The van der Waals surface area contributed by atoms with Crippen molar-refractivity contribution >= 4 is 43.3 Å². The molecule has 0 aliphatic heterocycles. The minimum atomic E-state index is -5.19. The topological polar surface area (TPSA) is 94.1 Å². The van der Waals surface area contributed by atoms with Gasteiger partial charge in [0.25, 0.3) is 0 Å². The highest BCUT2D eigenvalue weighted by molar-refractivity contribution is 7.81. The Morgan fingerprint density at radius 2 is 2.00 bits per heavy atom. The number of aryl methyl sites for hydroxylation is 1. The van der Waals surface area contributed by atoms with E-state index in [0.717, 1.165) is 70.6 Å². The van der Waals surface area contributed by atoms with Crippen molar-refractivity contribution in [1.29, 1.82) is 0 Å². The monoisotopic (exact) mass is 529 g/mol. The van der Waals surface area contributed by atoms with Gasteiger partial charge in [0.2, 0.25) is 0 Å². The van der Waals surface area contributed by atoms with Gasteiger partial charge in [-0.15, -0.1) is 6.42 Å². The Hall–Kier alpha value is -4.16. The number of unbranched alkanes of at least 4 members (excludes halogenated alkanes) is 1. The number of H-pyrrole nitrogens is 1. The number of pyridine rings is 2. The molecule has 0 amide bonds. The molecule has 0 unspecified atom stereocenters. The van der Waals surface area contributed by atoms with Crippen molar-refractivity contribution in [3.63, 3.8) is 0 Å². The molecule has 3 heterocycles. The van der Waals surface area contributed by atoms with Gasteiger partial charge in [-0.1, -0.05) is 29.2 Å². The normalized spacial score (nSPS) is 13.8. The van der Waals surface area contributed by atoms with Crippen LogP contribution >= 0.6 is 0 Å². The second kappa shape index (κ2) is 8.99. The van der Waals surface area contributed by atoms with Crippen LogP contribution in [0.15, 0.2) is 53.6 Å². The maximum absolute atomic E-state index is 14.0. The maximum Gasteiger partial charge on any atom is 0.488 e.